The highest BCUT2D eigenvalue weighted by Gasteiger charge is 2.44. The standard InChI is InChI=1S/C13H17NO2/c1-10-8-14-9-13(10,16-11(2)15)12-6-4-3-5-7-12/h3-7,10,14H,8-9H2,1-2H3. The molecule has 1 aromatic rings. The van der Waals surface area contributed by atoms with Crippen LogP contribution in [-0.2, 0) is 15.1 Å². The van der Waals surface area contributed by atoms with Gasteiger partial charge < -0.3 is 10.1 Å². The van der Waals surface area contributed by atoms with E-state index in [1.165, 1.54) is 6.92 Å². The normalized spacial score (nSPS) is 29.0. The van der Waals surface area contributed by atoms with Crippen LogP contribution >= 0.6 is 0 Å². The number of esters is 1. The minimum absolute atomic E-state index is 0.223. The van der Waals surface area contributed by atoms with Crippen molar-refractivity contribution < 1.29 is 9.53 Å². The second kappa shape index (κ2) is 4.26. The van der Waals surface area contributed by atoms with Gasteiger partial charge in [0.05, 0.1) is 0 Å². The highest BCUT2D eigenvalue weighted by atomic mass is 16.6. The van der Waals surface area contributed by atoms with Crippen molar-refractivity contribution >= 4 is 5.97 Å². The van der Waals surface area contributed by atoms with E-state index in [-0.39, 0.29) is 5.97 Å². The van der Waals surface area contributed by atoms with Crippen molar-refractivity contribution in [2.45, 2.75) is 19.4 Å². The van der Waals surface area contributed by atoms with E-state index in [1.807, 2.05) is 30.3 Å². The SMILES string of the molecule is CC(=O)OC1(c2ccccc2)CNCC1C. The van der Waals surface area contributed by atoms with Gasteiger partial charge in [0.1, 0.15) is 0 Å². The van der Waals surface area contributed by atoms with Crippen LogP contribution in [0.3, 0.4) is 0 Å². The summed E-state index contributed by atoms with van der Waals surface area (Å²) in [6, 6.07) is 9.97. The van der Waals surface area contributed by atoms with Gasteiger partial charge in [-0.15, -0.1) is 0 Å². The number of ether oxygens (including phenoxy) is 1. The van der Waals surface area contributed by atoms with E-state index in [0.717, 1.165) is 12.1 Å². The molecule has 0 aliphatic carbocycles. The number of benzene rings is 1. The quantitative estimate of drug-likeness (QED) is 0.769. The number of hydrogen-bond acceptors (Lipinski definition) is 3. The van der Waals surface area contributed by atoms with Crippen LogP contribution < -0.4 is 5.32 Å². The van der Waals surface area contributed by atoms with E-state index in [1.54, 1.807) is 0 Å². The van der Waals surface area contributed by atoms with Crippen molar-refractivity contribution in [1.82, 2.24) is 5.32 Å². The summed E-state index contributed by atoms with van der Waals surface area (Å²) in [6.07, 6.45) is 0. The molecule has 1 fully saturated rings. The Kier molecular flexibility index (Phi) is 2.97. The Bertz CT molecular complexity index is 377. The van der Waals surface area contributed by atoms with Gasteiger partial charge in [-0.1, -0.05) is 37.3 Å². The van der Waals surface area contributed by atoms with Crippen LogP contribution in [0.4, 0.5) is 0 Å². The molecule has 86 valence electrons. The molecular formula is C13H17NO2. The minimum atomic E-state index is -0.493. The Morgan fingerprint density at radius 3 is 2.62 bits per heavy atom. The average Bonchev–Trinajstić information content (AvgIpc) is 2.62. The minimum Gasteiger partial charge on any atom is -0.453 e. The second-order valence-electron chi connectivity index (χ2n) is 4.38. The molecule has 1 N–H and O–H groups in total. The highest BCUT2D eigenvalue weighted by molar-refractivity contribution is 5.67. The number of nitrogens with one attached hydrogen (secondary N) is 1. The van der Waals surface area contributed by atoms with Crippen LogP contribution in [-0.4, -0.2) is 19.1 Å². The van der Waals surface area contributed by atoms with E-state index in [4.69, 9.17) is 4.74 Å². The third-order valence-electron chi connectivity index (χ3n) is 3.22. The summed E-state index contributed by atoms with van der Waals surface area (Å²) in [7, 11) is 0. The molecule has 1 aliphatic heterocycles. The Morgan fingerprint density at radius 1 is 1.44 bits per heavy atom. The Morgan fingerprint density at radius 2 is 2.12 bits per heavy atom. The fraction of sp³-hybridized carbons (Fsp3) is 0.462. The summed E-state index contributed by atoms with van der Waals surface area (Å²) < 4.78 is 5.60. The molecule has 0 spiro atoms. The van der Waals surface area contributed by atoms with Gasteiger partial charge in [-0.3, -0.25) is 4.79 Å². The van der Waals surface area contributed by atoms with Crippen LogP contribution in [0.15, 0.2) is 30.3 Å². The smallest absolute Gasteiger partial charge is 0.303 e. The molecule has 2 atom stereocenters. The molecule has 0 saturated carbocycles. The van der Waals surface area contributed by atoms with E-state index >= 15 is 0 Å². The zero-order valence-corrected chi connectivity index (χ0v) is 9.69. The van der Waals surface area contributed by atoms with Gasteiger partial charge in [0, 0.05) is 25.9 Å². The van der Waals surface area contributed by atoms with Gasteiger partial charge in [-0.25, -0.2) is 0 Å². The van der Waals surface area contributed by atoms with E-state index < -0.39 is 5.60 Å². The van der Waals surface area contributed by atoms with Crippen LogP contribution in [0.1, 0.15) is 19.4 Å². The van der Waals surface area contributed by atoms with Crippen LogP contribution in [0.25, 0.3) is 0 Å². The molecule has 1 heterocycles. The first kappa shape index (κ1) is 11.1. The summed E-state index contributed by atoms with van der Waals surface area (Å²) >= 11 is 0. The number of hydrogen-bond donors (Lipinski definition) is 1. The van der Waals surface area contributed by atoms with Gasteiger partial charge >= 0.3 is 5.97 Å². The van der Waals surface area contributed by atoms with Crippen molar-refractivity contribution in [2.75, 3.05) is 13.1 Å². The van der Waals surface area contributed by atoms with Crippen molar-refractivity contribution in [1.29, 1.82) is 0 Å². The average molecular weight is 219 g/mol. The molecule has 3 nitrogen and oxygen atoms in total. The monoisotopic (exact) mass is 219 g/mol. The first-order valence-electron chi connectivity index (χ1n) is 5.61. The van der Waals surface area contributed by atoms with Crippen molar-refractivity contribution in [2.24, 2.45) is 5.92 Å². The zero-order valence-electron chi connectivity index (χ0n) is 9.69. The molecule has 2 unspecified atom stereocenters. The van der Waals surface area contributed by atoms with Crippen LogP contribution in [0.2, 0.25) is 0 Å². The molecule has 0 bridgehead atoms. The summed E-state index contributed by atoms with van der Waals surface area (Å²) in [5.74, 6) is 0.0678. The second-order valence-corrected chi connectivity index (χ2v) is 4.38. The first-order chi connectivity index (χ1) is 7.65. The lowest BCUT2D eigenvalue weighted by Crippen LogP contribution is -2.38. The van der Waals surface area contributed by atoms with Crippen LogP contribution in [0, 0.1) is 5.92 Å². The largest absolute Gasteiger partial charge is 0.453 e. The lowest BCUT2D eigenvalue weighted by molar-refractivity contribution is -0.160. The molecule has 0 amide bonds. The maximum Gasteiger partial charge on any atom is 0.303 e. The summed E-state index contributed by atoms with van der Waals surface area (Å²) in [5.41, 5.74) is 0.579. The molecule has 16 heavy (non-hydrogen) atoms. The predicted molar refractivity (Wildman–Crippen MR) is 61.9 cm³/mol. The topological polar surface area (TPSA) is 38.3 Å². The molecule has 0 aromatic heterocycles. The van der Waals surface area contributed by atoms with E-state index in [2.05, 4.69) is 12.2 Å². The van der Waals surface area contributed by atoms with Gasteiger partial charge in [0.2, 0.25) is 0 Å². The molecule has 1 saturated heterocycles. The molecular weight excluding hydrogens is 202 g/mol. The highest BCUT2D eigenvalue weighted by Crippen LogP contribution is 2.36. The Labute approximate surface area is 95.8 Å². The van der Waals surface area contributed by atoms with Gasteiger partial charge in [0.15, 0.2) is 5.60 Å². The Balaban J connectivity index is 2.38. The summed E-state index contributed by atoms with van der Waals surface area (Å²) in [5, 5.41) is 3.29. The van der Waals surface area contributed by atoms with Crippen molar-refractivity contribution in [3.05, 3.63) is 35.9 Å². The van der Waals surface area contributed by atoms with Crippen molar-refractivity contribution in [3.8, 4) is 0 Å². The molecule has 1 aliphatic rings. The fourth-order valence-corrected chi connectivity index (χ4v) is 2.37. The lowest BCUT2D eigenvalue weighted by Gasteiger charge is -2.32. The third-order valence-corrected chi connectivity index (χ3v) is 3.22. The van der Waals surface area contributed by atoms with Crippen molar-refractivity contribution in [3.63, 3.8) is 0 Å². The molecule has 0 radical (unpaired) electrons. The molecule has 3 heteroatoms. The van der Waals surface area contributed by atoms with E-state index in [0.29, 0.717) is 12.5 Å². The summed E-state index contributed by atoms with van der Waals surface area (Å²) in [6.45, 7) is 5.14. The van der Waals surface area contributed by atoms with Gasteiger partial charge in [-0.2, -0.15) is 0 Å². The van der Waals surface area contributed by atoms with Crippen LogP contribution in [0.5, 0.6) is 0 Å². The lowest BCUT2D eigenvalue weighted by atomic mass is 9.85. The number of carbonyl (C=O) groups is 1. The van der Waals surface area contributed by atoms with Gasteiger partial charge in [-0.05, 0) is 5.56 Å². The maximum atomic E-state index is 11.3. The third kappa shape index (κ3) is 1.83. The first-order valence-corrected chi connectivity index (χ1v) is 5.61. The molecule has 2 rings (SSSR count). The fourth-order valence-electron chi connectivity index (χ4n) is 2.37. The van der Waals surface area contributed by atoms with Gasteiger partial charge in [0.25, 0.3) is 0 Å². The van der Waals surface area contributed by atoms with E-state index in [9.17, 15) is 4.79 Å². The summed E-state index contributed by atoms with van der Waals surface area (Å²) in [4.78, 5) is 11.3. The number of rotatable bonds is 2. The maximum absolute atomic E-state index is 11.3. The predicted octanol–water partition coefficient (Wildman–Crippen LogP) is 1.68. The Hall–Kier alpha value is -1.35. The molecule has 1 aromatic carbocycles. The number of carbonyl (C=O) groups excluding carboxylic acids is 1. The zero-order chi connectivity index (χ0) is 11.6.